The number of aryl methyl sites for hydroxylation is 2. The number of hydrogen-bond acceptors (Lipinski definition) is 4. The molecule has 1 unspecified atom stereocenters. The fourth-order valence-corrected chi connectivity index (χ4v) is 2.52. The van der Waals surface area contributed by atoms with Crippen LogP contribution in [0.15, 0.2) is 17.1 Å². The summed E-state index contributed by atoms with van der Waals surface area (Å²) in [6, 6.07) is 0.335. The maximum Gasteiger partial charge on any atom is 0.0794 e. The van der Waals surface area contributed by atoms with E-state index in [1.165, 1.54) is 5.56 Å². The van der Waals surface area contributed by atoms with Crippen molar-refractivity contribution >= 4 is 11.3 Å². The molecule has 2 heterocycles. The van der Waals surface area contributed by atoms with E-state index in [0.717, 1.165) is 24.4 Å². The van der Waals surface area contributed by atoms with Crippen molar-refractivity contribution in [2.75, 3.05) is 6.54 Å². The van der Waals surface area contributed by atoms with Gasteiger partial charge < -0.3 is 5.32 Å². The molecule has 0 bridgehead atoms. The molecule has 0 saturated carbocycles. The maximum atomic E-state index is 4.36. The van der Waals surface area contributed by atoms with Crippen LogP contribution in [0.25, 0.3) is 0 Å². The average molecular weight is 250 g/mol. The summed E-state index contributed by atoms with van der Waals surface area (Å²) >= 11 is 1.65. The van der Waals surface area contributed by atoms with Crippen molar-refractivity contribution < 1.29 is 0 Å². The fourth-order valence-electron chi connectivity index (χ4n) is 1.93. The number of nitrogens with zero attached hydrogens (tertiary/aromatic N) is 3. The van der Waals surface area contributed by atoms with Crippen LogP contribution in [0.5, 0.6) is 0 Å². The Kier molecular flexibility index (Phi) is 3.91. The van der Waals surface area contributed by atoms with Gasteiger partial charge >= 0.3 is 0 Å². The Labute approximate surface area is 106 Å². The van der Waals surface area contributed by atoms with Gasteiger partial charge in [0.1, 0.15) is 0 Å². The van der Waals surface area contributed by atoms with Gasteiger partial charge in [-0.05, 0) is 13.8 Å². The lowest BCUT2D eigenvalue weighted by Crippen LogP contribution is -2.21. The molecule has 0 fully saturated rings. The first-order valence-corrected chi connectivity index (χ1v) is 6.71. The Bertz CT molecular complexity index is 461. The van der Waals surface area contributed by atoms with E-state index in [4.69, 9.17) is 0 Å². The van der Waals surface area contributed by atoms with Gasteiger partial charge in [0.2, 0.25) is 0 Å². The second-order valence-electron chi connectivity index (χ2n) is 4.25. The van der Waals surface area contributed by atoms with Gasteiger partial charge in [0.15, 0.2) is 0 Å². The molecule has 0 spiro atoms. The predicted octanol–water partition coefficient (Wildman–Crippen LogP) is 2.08. The average Bonchev–Trinajstić information content (AvgIpc) is 2.88. The molecule has 0 aromatic carbocycles. The van der Waals surface area contributed by atoms with E-state index in [0.29, 0.717) is 6.04 Å². The molecule has 2 aromatic heterocycles. The normalized spacial score (nSPS) is 12.9. The number of thiazole rings is 1. The summed E-state index contributed by atoms with van der Waals surface area (Å²) in [6.45, 7) is 5.16. The number of hydrogen-bond donors (Lipinski definition) is 1. The lowest BCUT2D eigenvalue weighted by molar-refractivity contribution is 0.572. The number of aromatic nitrogens is 3. The molecule has 92 valence electrons. The van der Waals surface area contributed by atoms with E-state index in [9.17, 15) is 0 Å². The zero-order valence-electron chi connectivity index (χ0n) is 10.5. The van der Waals surface area contributed by atoms with Gasteiger partial charge in [-0.15, -0.1) is 11.3 Å². The molecular formula is C12H18N4S. The van der Waals surface area contributed by atoms with Crippen molar-refractivity contribution in [1.29, 1.82) is 0 Å². The maximum absolute atomic E-state index is 4.36. The Morgan fingerprint density at radius 2 is 2.35 bits per heavy atom. The highest BCUT2D eigenvalue weighted by atomic mass is 32.1. The van der Waals surface area contributed by atoms with Crippen LogP contribution >= 0.6 is 11.3 Å². The molecule has 17 heavy (non-hydrogen) atoms. The van der Waals surface area contributed by atoms with Gasteiger partial charge in [-0.25, -0.2) is 4.98 Å². The smallest absolute Gasteiger partial charge is 0.0794 e. The highest BCUT2D eigenvalue weighted by Crippen LogP contribution is 2.15. The van der Waals surface area contributed by atoms with Crippen molar-refractivity contribution in [3.63, 3.8) is 0 Å². The SMILES string of the molecule is Cc1nn(C)cc1C(C)NCCc1cscn1. The lowest BCUT2D eigenvalue weighted by Gasteiger charge is -2.12. The van der Waals surface area contributed by atoms with Crippen molar-refractivity contribution in [1.82, 2.24) is 20.1 Å². The molecule has 0 radical (unpaired) electrons. The van der Waals surface area contributed by atoms with Crippen LogP contribution in [0.4, 0.5) is 0 Å². The van der Waals surface area contributed by atoms with E-state index < -0.39 is 0 Å². The summed E-state index contributed by atoms with van der Waals surface area (Å²) in [7, 11) is 1.96. The van der Waals surface area contributed by atoms with Gasteiger partial charge in [-0.1, -0.05) is 0 Å². The van der Waals surface area contributed by atoms with Crippen molar-refractivity contribution in [2.45, 2.75) is 26.3 Å². The van der Waals surface area contributed by atoms with Crippen LogP contribution in [0.3, 0.4) is 0 Å². The lowest BCUT2D eigenvalue weighted by atomic mass is 10.1. The predicted molar refractivity (Wildman–Crippen MR) is 70.2 cm³/mol. The number of rotatable bonds is 5. The molecule has 1 N–H and O–H groups in total. The van der Waals surface area contributed by atoms with Crippen LogP contribution < -0.4 is 5.32 Å². The zero-order valence-corrected chi connectivity index (χ0v) is 11.3. The summed E-state index contributed by atoms with van der Waals surface area (Å²) in [5, 5.41) is 9.96. The third-order valence-corrected chi connectivity index (χ3v) is 3.47. The standard InChI is InChI=1S/C12H18N4S/c1-9(12-6-16(3)15-10(12)2)13-5-4-11-7-17-8-14-11/h6-9,13H,4-5H2,1-3H3. The second kappa shape index (κ2) is 5.42. The minimum Gasteiger partial charge on any atom is -0.310 e. The van der Waals surface area contributed by atoms with Crippen LogP contribution in [-0.2, 0) is 13.5 Å². The molecule has 0 amide bonds. The summed E-state index contributed by atoms with van der Waals surface area (Å²) in [5.41, 5.74) is 5.41. The monoisotopic (exact) mass is 250 g/mol. The van der Waals surface area contributed by atoms with E-state index in [2.05, 4.69) is 33.9 Å². The fraction of sp³-hybridized carbons (Fsp3) is 0.500. The molecule has 1 atom stereocenters. The first-order chi connectivity index (χ1) is 8.16. The topological polar surface area (TPSA) is 42.7 Å². The van der Waals surface area contributed by atoms with Crippen LogP contribution in [0.2, 0.25) is 0 Å². The first kappa shape index (κ1) is 12.3. The molecule has 5 heteroatoms. The van der Waals surface area contributed by atoms with E-state index in [1.54, 1.807) is 11.3 Å². The third-order valence-electron chi connectivity index (χ3n) is 2.83. The summed E-state index contributed by atoms with van der Waals surface area (Å²) in [4.78, 5) is 4.27. The van der Waals surface area contributed by atoms with E-state index >= 15 is 0 Å². The van der Waals surface area contributed by atoms with Crippen molar-refractivity contribution in [3.05, 3.63) is 34.0 Å². The second-order valence-corrected chi connectivity index (χ2v) is 4.97. The summed E-state index contributed by atoms with van der Waals surface area (Å²) < 4.78 is 1.86. The molecule has 0 aliphatic heterocycles. The molecular weight excluding hydrogens is 232 g/mol. The number of nitrogens with one attached hydrogen (secondary N) is 1. The molecule has 0 aliphatic rings. The van der Waals surface area contributed by atoms with Crippen molar-refractivity contribution in [3.8, 4) is 0 Å². The van der Waals surface area contributed by atoms with Gasteiger partial charge in [-0.2, -0.15) is 5.10 Å². The summed E-state index contributed by atoms with van der Waals surface area (Å²) in [6.07, 6.45) is 3.06. The van der Waals surface area contributed by atoms with Crippen LogP contribution in [0.1, 0.15) is 29.9 Å². The Hall–Kier alpha value is -1.20. The minimum absolute atomic E-state index is 0.335. The highest BCUT2D eigenvalue weighted by molar-refractivity contribution is 7.07. The van der Waals surface area contributed by atoms with Gasteiger partial charge in [0.25, 0.3) is 0 Å². The largest absolute Gasteiger partial charge is 0.310 e. The van der Waals surface area contributed by atoms with E-state index in [1.807, 2.05) is 24.2 Å². The van der Waals surface area contributed by atoms with E-state index in [-0.39, 0.29) is 0 Å². The van der Waals surface area contributed by atoms with Crippen molar-refractivity contribution in [2.24, 2.45) is 7.05 Å². The Balaban J connectivity index is 1.85. The third kappa shape index (κ3) is 3.14. The van der Waals surface area contributed by atoms with Gasteiger partial charge in [0, 0.05) is 43.2 Å². The molecule has 0 saturated heterocycles. The van der Waals surface area contributed by atoms with Crippen LogP contribution in [-0.4, -0.2) is 21.3 Å². The summed E-state index contributed by atoms with van der Waals surface area (Å²) in [5.74, 6) is 0. The molecule has 2 aromatic rings. The molecule has 0 aliphatic carbocycles. The molecule has 4 nitrogen and oxygen atoms in total. The van der Waals surface area contributed by atoms with Gasteiger partial charge in [0.05, 0.1) is 16.9 Å². The first-order valence-electron chi connectivity index (χ1n) is 5.77. The molecule has 2 rings (SSSR count). The van der Waals surface area contributed by atoms with Crippen LogP contribution in [0, 0.1) is 6.92 Å². The quantitative estimate of drug-likeness (QED) is 0.883. The Morgan fingerprint density at radius 1 is 1.53 bits per heavy atom. The zero-order chi connectivity index (χ0) is 12.3. The minimum atomic E-state index is 0.335. The highest BCUT2D eigenvalue weighted by Gasteiger charge is 2.10. The van der Waals surface area contributed by atoms with Gasteiger partial charge in [-0.3, -0.25) is 4.68 Å². The Morgan fingerprint density at radius 3 is 2.94 bits per heavy atom.